The predicted octanol–water partition coefficient (Wildman–Crippen LogP) is 13.8. The van der Waals surface area contributed by atoms with E-state index in [0.717, 1.165) is 96.3 Å². The molecule has 0 aliphatic carbocycles. The first-order chi connectivity index (χ1) is 33.6. The molecule has 0 spiro atoms. The van der Waals surface area contributed by atoms with Crippen molar-refractivity contribution in [3.05, 3.63) is 134 Å². The number of aliphatic carboxylic acids is 1. The number of nitrogens with zero attached hydrogens (tertiary/aromatic N) is 1. The van der Waals surface area contributed by atoms with Gasteiger partial charge in [0.25, 0.3) is 0 Å². The molecule has 0 aliphatic heterocycles. The van der Waals surface area contributed by atoms with Gasteiger partial charge in [-0.25, -0.2) is 0 Å². The molecule has 0 fully saturated rings. The lowest BCUT2D eigenvalue weighted by atomic mass is 10.1. The van der Waals surface area contributed by atoms with Gasteiger partial charge in [-0.2, -0.15) is 0 Å². The lowest BCUT2D eigenvalue weighted by molar-refractivity contribution is -0.870. The molecule has 0 aromatic heterocycles. The number of hydrogen-bond donors (Lipinski definition) is 0. The van der Waals surface area contributed by atoms with Crippen molar-refractivity contribution in [3.63, 3.8) is 0 Å². The Hall–Kier alpha value is -4.57. The van der Waals surface area contributed by atoms with Crippen LogP contribution in [-0.2, 0) is 33.3 Å². The van der Waals surface area contributed by atoms with Crippen LogP contribution in [0.3, 0.4) is 0 Å². The zero-order valence-electron chi connectivity index (χ0n) is 43.9. The lowest BCUT2D eigenvalue weighted by Gasteiger charge is -2.26. The van der Waals surface area contributed by atoms with E-state index in [1.165, 1.54) is 25.7 Å². The molecule has 0 saturated carbocycles. The largest absolute Gasteiger partial charge is 0.545 e. The van der Waals surface area contributed by atoms with Gasteiger partial charge >= 0.3 is 11.9 Å². The number of esters is 2. The van der Waals surface area contributed by atoms with E-state index in [0.29, 0.717) is 30.3 Å². The number of carbonyl (C=O) groups is 3. The third-order valence-corrected chi connectivity index (χ3v) is 10.4. The van der Waals surface area contributed by atoms with E-state index in [2.05, 4.69) is 141 Å². The lowest BCUT2D eigenvalue weighted by Crippen LogP contribution is -2.44. The summed E-state index contributed by atoms with van der Waals surface area (Å²) in [5.41, 5.74) is 0. The molecule has 0 heterocycles. The first kappa shape index (κ1) is 64.4. The molecule has 9 heteroatoms. The van der Waals surface area contributed by atoms with Gasteiger partial charge in [-0.05, 0) is 103 Å². The minimum atomic E-state index is -1.65. The maximum Gasteiger partial charge on any atom is 0.306 e. The summed E-state index contributed by atoms with van der Waals surface area (Å²) >= 11 is 0. The summed E-state index contributed by atoms with van der Waals surface area (Å²) in [4.78, 5) is 37.2. The molecule has 0 aromatic rings. The number of carboxylic acids is 1. The van der Waals surface area contributed by atoms with Crippen molar-refractivity contribution in [1.29, 1.82) is 0 Å². The van der Waals surface area contributed by atoms with Gasteiger partial charge in [0, 0.05) is 12.8 Å². The molecular formula is C60H95NO8. The fourth-order valence-corrected chi connectivity index (χ4v) is 6.40. The average molecular weight is 958 g/mol. The number of ether oxygens (including phenoxy) is 4. The minimum absolute atomic E-state index is 0.127. The van der Waals surface area contributed by atoms with Crippen LogP contribution in [0, 0.1) is 0 Å². The molecule has 388 valence electrons. The average Bonchev–Trinajstić information content (AvgIpc) is 3.31. The van der Waals surface area contributed by atoms with Crippen molar-refractivity contribution in [2.75, 3.05) is 47.5 Å². The molecule has 0 radical (unpaired) electrons. The standard InChI is InChI=1S/C60H95NO8/c1-6-8-10-12-14-16-18-20-22-24-26-28-29-31-33-35-37-39-41-43-45-47-49-51-58(63)69-56(55-68-60(59(64)65)66-53-52-61(3,4)5)54-67-57(62)50-48-46-44-42-40-38-36-34-32-30-27-25-23-21-19-17-15-13-11-9-7-2/h8-11,14-17,20-23,26-28,30-31,33,37,39,43,45,56,60H,6-7,12-13,18-19,24-25,29,32,34-36,38,40-42,44,46-55H2,1-5H3/b10-8-,11-9-,16-14-,17-15-,22-20-,23-21-,28-26-,30-27-,33-31-,39-37-,45-43-. The molecule has 0 rings (SSSR count). The Balaban J connectivity index is 4.48. The molecule has 2 unspecified atom stereocenters. The Kier molecular flexibility index (Phi) is 46.5. The molecule has 2 atom stereocenters. The van der Waals surface area contributed by atoms with E-state index in [-0.39, 0.29) is 38.6 Å². The highest BCUT2D eigenvalue weighted by Crippen LogP contribution is 2.13. The maximum absolute atomic E-state index is 12.8. The van der Waals surface area contributed by atoms with Gasteiger partial charge < -0.3 is 33.3 Å². The van der Waals surface area contributed by atoms with Crippen LogP contribution in [0.2, 0.25) is 0 Å². The summed E-state index contributed by atoms with van der Waals surface area (Å²) < 4.78 is 22.6. The van der Waals surface area contributed by atoms with Crippen molar-refractivity contribution in [2.45, 2.75) is 180 Å². The molecule has 9 nitrogen and oxygen atoms in total. The van der Waals surface area contributed by atoms with Crippen LogP contribution in [0.4, 0.5) is 0 Å². The van der Waals surface area contributed by atoms with E-state index < -0.39 is 24.3 Å². The van der Waals surface area contributed by atoms with Gasteiger partial charge in [-0.1, -0.05) is 186 Å². The number of carbonyl (C=O) groups excluding carboxylic acids is 3. The Morgan fingerprint density at radius 3 is 1.20 bits per heavy atom. The topological polar surface area (TPSA) is 111 Å². The third-order valence-electron chi connectivity index (χ3n) is 10.4. The smallest absolute Gasteiger partial charge is 0.306 e. The van der Waals surface area contributed by atoms with E-state index in [4.69, 9.17) is 18.9 Å². The van der Waals surface area contributed by atoms with Crippen LogP contribution < -0.4 is 5.11 Å². The molecule has 0 aliphatic rings. The highest BCUT2D eigenvalue weighted by molar-refractivity contribution is 5.70. The zero-order chi connectivity index (χ0) is 50.6. The first-order valence-electron chi connectivity index (χ1n) is 26.3. The summed E-state index contributed by atoms with van der Waals surface area (Å²) in [6, 6.07) is 0. The number of unbranched alkanes of at least 4 members (excludes halogenated alkanes) is 9. The number of quaternary nitrogens is 1. The molecule has 69 heavy (non-hydrogen) atoms. The monoisotopic (exact) mass is 958 g/mol. The molecule has 0 amide bonds. The van der Waals surface area contributed by atoms with Crippen LogP contribution in [0.25, 0.3) is 0 Å². The molecular weight excluding hydrogens is 863 g/mol. The number of hydrogen-bond acceptors (Lipinski definition) is 8. The fourth-order valence-electron chi connectivity index (χ4n) is 6.40. The number of carboxylic acid groups (broad SMARTS) is 1. The Bertz CT molecular complexity index is 1590. The van der Waals surface area contributed by atoms with Crippen molar-refractivity contribution in [2.24, 2.45) is 0 Å². The summed E-state index contributed by atoms with van der Waals surface area (Å²) in [6.45, 7) is 4.41. The molecule has 0 N–H and O–H groups in total. The second kappa shape index (κ2) is 49.8. The van der Waals surface area contributed by atoms with E-state index >= 15 is 0 Å². The molecule has 0 aromatic carbocycles. The minimum Gasteiger partial charge on any atom is -0.545 e. The quantitative estimate of drug-likeness (QED) is 0.0195. The van der Waals surface area contributed by atoms with Crippen LogP contribution in [0.1, 0.15) is 168 Å². The van der Waals surface area contributed by atoms with E-state index in [1.807, 2.05) is 27.2 Å². The van der Waals surface area contributed by atoms with Crippen molar-refractivity contribution in [1.82, 2.24) is 0 Å². The summed E-state index contributed by atoms with van der Waals surface area (Å²) in [7, 11) is 5.88. The van der Waals surface area contributed by atoms with Crippen molar-refractivity contribution < 1.29 is 42.9 Å². The molecule has 0 saturated heterocycles. The first-order valence-corrected chi connectivity index (χ1v) is 26.3. The van der Waals surface area contributed by atoms with E-state index in [1.54, 1.807) is 0 Å². The van der Waals surface area contributed by atoms with Crippen molar-refractivity contribution >= 4 is 17.9 Å². The second-order valence-corrected chi connectivity index (χ2v) is 18.0. The van der Waals surface area contributed by atoms with Gasteiger partial charge in [0.2, 0.25) is 0 Å². The third kappa shape index (κ3) is 51.1. The van der Waals surface area contributed by atoms with Gasteiger partial charge in [0.15, 0.2) is 12.4 Å². The summed E-state index contributed by atoms with van der Waals surface area (Å²) in [6.07, 6.45) is 67.8. The van der Waals surface area contributed by atoms with Crippen LogP contribution in [0.15, 0.2) is 134 Å². The Morgan fingerprint density at radius 1 is 0.435 bits per heavy atom. The van der Waals surface area contributed by atoms with Gasteiger partial charge in [-0.3, -0.25) is 9.59 Å². The highest BCUT2D eigenvalue weighted by atomic mass is 16.7. The number of likely N-dealkylation sites (N-methyl/N-ethyl adjacent to an activating group) is 1. The predicted molar refractivity (Wildman–Crippen MR) is 287 cm³/mol. The number of allylic oxidation sites excluding steroid dienone is 22. The number of rotatable bonds is 46. The van der Waals surface area contributed by atoms with Crippen LogP contribution >= 0.6 is 0 Å². The Morgan fingerprint density at radius 2 is 0.797 bits per heavy atom. The maximum atomic E-state index is 12.8. The Labute approximate surface area is 420 Å². The summed E-state index contributed by atoms with van der Waals surface area (Å²) in [5, 5.41) is 11.7. The van der Waals surface area contributed by atoms with E-state index in [9.17, 15) is 19.5 Å². The SMILES string of the molecule is CC/C=C\C/C=C\C/C=C\C/C=C\C/C=C\C/C=C\C/C=C\CCCC(=O)OC(COC(=O)CCCCCCCCCC/C=C\C/C=C\C/C=C\C/C=C\CC)COC(OCC[N+](C)(C)C)C(=O)[O-]. The van der Waals surface area contributed by atoms with Crippen LogP contribution in [-0.4, -0.2) is 82.3 Å². The van der Waals surface area contributed by atoms with Gasteiger partial charge in [0.05, 0.1) is 40.3 Å². The van der Waals surface area contributed by atoms with Gasteiger partial charge in [-0.15, -0.1) is 0 Å². The second-order valence-electron chi connectivity index (χ2n) is 18.0. The normalized spacial score (nSPS) is 13.9. The highest BCUT2D eigenvalue weighted by Gasteiger charge is 2.21. The fraction of sp³-hybridized carbons (Fsp3) is 0.583. The molecule has 0 bridgehead atoms. The van der Waals surface area contributed by atoms with Gasteiger partial charge in [0.1, 0.15) is 13.2 Å². The van der Waals surface area contributed by atoms with Crippen molar-refractivity contribution in [3.8, 4) is 0 Å². The van der Waals surface area contributed by atoms with Crippen LogP contribution in [0.5, 0.6) is 0 Å². The summed E-state index contributed by atoms with van der Waals surface area (Å²) in [5.74, 6) is -2.40. The zero-order valence-corrected chi connectivity index (χ0v) is 43.9.